The molecular weight excluding hydrogens is 176 g/mol. The number of rotatable bonds is 2. The monoisotopic (exact) mass is 192 g/mol. The van der Waals surface area contributed by atoms with Gasteiger partial charge in [-0.05, 0) is 13.0 Å². The summed E-state index contributed by atoms with van der Waals surface area (Å²) in [5.41, 5.74) is 1.91. The van der Waals surface area contributed by atoms with Crippen molar-refractivity contribution in [2.75, 3.05) is 0 Å². The average Bonchev–Trinajstić information content (AvgIpc) is 2.30. The molecule has 13 heavy (non-hydrogen) atoms. The molecule has 0 bridgehead atoms. The molecule has 2 nitrogen and oxygen atoms in total. The Balaban J connectivity index is 2.93. The highest BCUT2D eigenvalue weighted by atomic mass is 28.3. The lowest BCUT2D eigenvalue weighted by atomic mass is 10.3. The Bertz CT molecular complexity index is 339. The maximum atomic E-state index is 8.78. The summed E-state index contributed by atoms with van der Waals surface area (Å²) in [5.74, 6) is 0. The van der Waals surface area contributed by atoms with Gasteiger partial charge >= 0.3 is 0 Å². The minimum absolute atomic E-state index is 0.804. The lowest BCUT2D eigenvalue weighted by Crippen LogP contribution is -2.28. The highest BCUT2D eigenvalue weighted by molar-refractivity contribution is 6.74. The van der Waals surface area contributed by atoms with E-state index in [9.17, 15) is 0 Å². The summed E-state index contributed by atoms with van der Waals surface area (Å²) in [5, 5.41) is 8.78. The molecule has 0 aliphatic heterocycles. The van der Waals surface area contributed by atoms with Crippen LogP contribution in [-0.2, 0) is 6.17 Å². The number of hydrogen-bond donors (Lipinski definition) is 0. The zero-order valence-corrected chi connectivity index (χ0v) is 9.76. The minimum atomic E-state index is -1.08. The lowest BCUT2D eigenvalue weighted by Gasteiger charge is -2.18. The van der Waals surface area contributed by atoms with E-state index in [1.807, 2.05) is 19.2 Å². The average molecular weight is 192 g/mol. The molecular formula is C10H16N2Si. The second-order valence-electron chi connectivity index (χ2n) is 4.62. The fourth-order valence-corrected chi connectivity index (χ4v) is 2.72. The fourth-order valence-electron chi connectivity index (χ4n) is 1.35. The molecule has 0 spiro atoms. The number of aromatic nitrogens is 1. The van der Waals surface area contributed by atoms with Gasteiger partial charge in [0.2, 0.25) is 0 Å². The van der Waals surface area contributed by atoms with Crippen molar-refractivity contribution in [3.05, 3.63) is 23.5 Å². The molecule has 1 aromatic heterocycles. The van der Waals surface area contributed by atoms with Crippen molar-refractivity contribution in [2.45, 2.75) is 32.7 Å². The Morgan fingerprint density at radius 3 is 2.46 bits per heavy atom. The standard InChI is InChI=1S/C10H16N2Si/c1-9-10(7-11)5-6-12(9)8-13(2,3)4/h5-6H,8H2,1-4H3. The summed E-state index contributed by atoms with van der Waals surface area (Å²) in [7, 11) is -1.08. The Kier molecular flexibility index (Phi) is 2.62. The smallest absolute Gasteiger partial charge is 0.101 e. The van der Waals surface area contributed by atoms with Crippen LogP contribution in [0, 0.1) is 18.3 Å². The van der Waals surface area contributed by atoms with Crippen molar-refractivity contribution < 1.29 is 0 Å². The van der Waals surface area contributed by atoms with E-state index in [-0.39, 0.29) is 0 Å². The summed E-state index contributed by atoms with van der Waals surface area (Å²) in [6.45, 7) is 9.01. The van der Waals surface area contributed by atoms with Crippen molar-refractivity contribution >= 4 is 8.07 Å². The number of nitriles is 1. The molecule has 1 aromatic rings. The number of nitrogens with zero attached hydrogens (tertiary/aromatic N) is 2. The van der Waals surface area contributed by atoms with Crippen LogP contribution in [0.25, 0.3) is 0 Å². The Morgan fingerprint density at radius 1 is 1.46 bits per heavy atom. The fraction of sp³-hybridized carbons (Fsp3) is 0.500. The van der Waals surface area contributed by atoms with Gasteiger partial charge in [0.25, 0.3) is 0 Å². The zero-order valence-electron chi connectivity index (χ0n) is 8.76. The Morgan fingerprint density at radius 2 is 2.08 bits per heavy atom. The van der Waals surface area contributed by atoms with Crippen molar-refractivity contribution in [2.24, 2.45) is 0 Å². The van der Waals surface area contributed by atoms with Gasteiger partial charge in [0.05, 0.1) is 13.6 Å². The van der Waals surface area contributed by atoms with Crippen molar-refractivity contribution in [3.63, 3.8) is 0 Å². The van der Waals surface area contributed by atoms with Gasteiger partial charge in [-0.2, -0.15) is 5.26 Å². The van der Waals surface area contributed by atoms with E-state index in [0.717, 1.165) is 17.4 Å². The van der Waals surface area contributed by atoms with Gasteiger partial charge in [-0.15, -0.1) is 0 Å². The van der Waals surface area contributed by atoms with Gasteiger partial charge in [0, 0.05) is 18.1 Å². The first-order valence-corrected chi connectivity index (χ1v) is 8.20. The van der Waals surface area contributed by atoms with Gasteiger partial charge in [-0.25, -0.2) is 0 Å². The van der Waals surface area contributed by atoms with Gasteiger partial charge < -0.3 is 4.57 Å². The van der Waals surface area contributed by atoms with Crippen LogP contribution >= 0.6 is 0 Å². The van der Waals surface area contributed by atoms with E-state index in [4.69, 9.17) is 5.26 Å². The first-order valence-electron chi connectivity index (χ1n) is 4.50. The largest absolute Gasteiger partial charge is 0.353 e. The van der Waals surface area contributed by atoms with Gasteiger partial charge in [-0.3, -0.25) is 0 Å². The maximum Gasteiger partial charge on any atom is 0.101 e. The molecule has 1 heterocycles. The molecule has 0 unspecified atom stereocenters. The molecule has 70 valence electrons. The third-order valence-electron chi connectivity index (χ3n) is 2.01. The minimum Gasteiger partial charge on any atom is -0.353 e. The first-order chi connectivity index (χ1) is 5.94. The third kappa shape index (κ3) is 2.46. The predicted octanol–water partition coefficient (Wildman–Crippen LogP) is 2.55. The molecule has 0 aromatic carbocycles. The Labute approximate surface area is 80.8 Å². The van der Waals surface area contributed by atoms with Crippen LogP contribution in [-0.4, -0.2) is 12.6 Å². The molecule has 0 fully saturated rings. The molecule has 0 radical (unpaired) electrons. The molecule has 0 saturated heterocycles. The summed E-state index contributed by atoms with van der Waals surface area (Å²) in [6, 6.07) is 4.09. The summed E-state index contributed by atoms with van der Waals surface area (Å²) in [4.78, 5) is 0. The highest BCUT2D eigenvalue weighted by Gasteiger charge is 2.15. The van der Waals surface area contributed by atoms with Crippen molar-refractivity contribution in [3.8, 4) is 6.07 Å². The molecule has 0 aliphatic rings. The molecule has 0 N–H and O–H groups in total. The maximum absolute atomic E-state index is 8.78. The van der Waals surface area contributed by atoms with Gasteiger partial charge in [0.1, 0.15) is 6.07 Å². The molecule has 0 saturated carbocycles. The van der Waals surface area contributed by atoms with Crippen molar-refractivity contribution in [1.29, 1.82) is 5.26 Å². The molecule has 0 amide bonds. The molecule has 1 rings (SSSR count). The SMILES string of the molecule is Cc1c(C#N)ccn1C[Si](C)(C)C. The lowest BCUT2D eigenvalue weighted by molar-refractivity contribution is 0.824. The summed E-state index contributed by atoms with van der Waals surface area (Å²) < 4.78 is 2.20. The summed E-state index contributed by atoms with van der Waals surface area (Å²) >= 11 is 0. The summed E-state index contributed by atoms with van der Waals surface area (Å²) in [6.07, 6.45) is 3.12. The van der Waals surface area contributed by atoms with Crippen LogP contribution in [0.5, 0.6) is 0 Å². The second-order valence-corrected chi connectivity index (χ2v) is 10.1. The van der Waals surface area contributed by atoms with Crippen molar-refractivity contribution in [1.82, 2.24) is 4.57 Å². The van der Waals surface area contributed by atoms with Crippen LogP contribution in [0.3, 0.4) is 0 Å². The predicted molar refractivity (Wildman–Crippen MR) is 57.2 cm³/mol. The van der Waals surface area contributed by atoms with Crippen LogP contribution in [0.4, 0.5) is 0 Å². The topological polar surface area (TPSA) is 28.7 Å². The van der Waals surface area contributed by atoms with E-state index in [1.165, 1.54) is 0 Å². The van der Waals surface area contributed by atoms with E-state index >= 15 is 0 Å². The first kappa shape index (κ1) is 10.1. The molecule has 0 aliphatic carbocycles. The quantitative estimate of drug-likeness (QED) is 0.662. The van der Waals surface area contributed by atoms with E-state index in [1.54, 1.807) is 0 Å². The van der Waals surface area contributed by atoms with Gasteiger partial charge in [0.15, 0.2) is 0 Å². The van der Waals surface area contributed by atoms with Crippen LogP contribution < -0.4 is 0 Å². The number of hydrogen-bond acceptors (Lipinski definition) is 1. The zero-order chi connectivity index (χ0) is 10.1. The second kappa shape index (κ2) is 3.39. The van der Waals surface area contributed by atoms with E-state index in [2.05, 4.69) is 30.3 Å². The van der Waals surface area contributed by atoms with E-state index < -0.39 is 8.07 Å². The van der Waals surface area contributed by atoms with Gasteiger partial charge in [-0.1, -0.05) is 19.6 Å². The molecule has 0 atom stereocenters. The normalized spacial score (nSPS) is 11.3. The van der Waals surface area contributed by atoms with Crippen LogP contribution in [0.2, 0.25) is 19.6 Å². The van der Waals surface area contributed by atoms with Crippen LogP contribution in [0.1, 0.15) is 11.3 Å². The van der Waals surface area contributed by atoms with E-state index in [0.29, 0.717) is 0 Å². The third-order valence-corrected chi connectivity index (χ3v) is 3.30. The highest BCUT2D eigenvalue weighted by Crippen LogP contribution is 2.12. The molecule has 3 heteroatoms. The van der Waals surface area contributed by atoms with Crippen LogP contribution in [0.15, 0.2) is 12.3 Å². The Hall–Kier alpha value is -1.01.